The van der Waals surface area contributed by atoms with Crippen molar-refractivity contribution in [3.05, 3.63) is 34.9 Å². The van der Waals surface area contributed by atoms with Gasteiger partial charge in [0.05, 0.1) is 11.5 Å². The van der Waals surface area contributed by atoms with Gasteiger partial charge in [-0.05, 0) is 42.3 Å². The van der Waals surface area contributed by atoms with Crippen molar-refractivity contribution in [3.8, 4) is 11.5 Å². The Morgan fingerprint density at radius 2 is 1.83 bits per heavy atom. The third-order valence-electron chi connectivity index (χ3n) is 5.76. The highest BCUT2D eigenvalue weighted by Crippen LogP contribution is 2.42. The Balaban J connectivity index is 1.77. The molecule has 1 fully saturated rings. The van der Waals surface area contributed by atoms with Gasteiger partial charge in [0, 0.05) is 12.0 Å². The van der Waals surface area contributed by atoms with Crippen molar-refractivity contribution in [2.24, 2.45) is 0 Å². The largest absolute Gasteiger partial charge is 0.507 e. The topological polar surface area (TPSA) is 157 Å². The standard InChI is InChI=1S/C21H24O9/c1-8-4-10-6-9-2-3-11(22)7-12(9)15(23)14(10)13(5-8)29-21-18(26)16(24)17(25)19(30-21)20(27)28/h4-6,11,16-19,21-26H,2-3,7H2,1H3,(H,27,28)/t11-,16+,17+,18-,19+,21-/m1/s1. The smallest absolute Gasteiger partial charge is 0.335 e. The van der Waals surface area contributed by atoms with E-state index in [-0.39, 0.29) is 11.5 Å². The molecule has 1 aliphatic heterocycles. The van der Waals surface area contributed by atoms with Crippen molar-refractivity contribution in [1.29, 1.82) is 0 Å². The fourth-order valence-corrected chi connectivity index (χ4v) is 4.20. The van der Waals surface area contributed by atoms with Gasteiger partial charge in [-0.15, -0.1) is 0 Å². The van der Waals surface area contributed by atoms with Crippen LogP contribution >= 0.6 is 0 Å². The van der Waals surface area contributed by atoms with Crippen LogP contribution in [0.2, 0.25) is 0 Å². The van der Waals surface area contributed by atoms with Crippen LogP contribution < -0.4 is 4.74 Å². The van der Waals surface area contributed by atoms with E-state index < -0.39 is 42.8 Å². The predicted octanol–water partition coefficient (Wildman–Crippen LogP) is -0.0256. The van der Waals surface area contributed by atoms with Gasteiger partial charge in [0.25, 0.3) is 0 Å². The molecule has 2 aromatic rings. The summed E-state index contributed by atoms with van der Waals surface area (Å²) in [4.78, 5) is 11.3. The van der Waals surface area contributed by atoms with E-state index in [1.807, 2.05) is 19.1 Å². The fourth-order valence-electron chi connectivity index (χ4n) is 4.20. The summed E-state index contributed by atoms with van der Waals surface area (Å²) in [6, 6.07) is 5.36. The first kappa shape index (κ1) is 20.8. The van der Waals surface area contributed by atoms with Crippen LogP contribution in [0.1, 0.15) is 23.1 Å². The molecule has 9 nitrogen and oxygen atoms in total. The molecule has 9 heteroatoms. The van der Waals surface area contributed by atoms with Crippen molar-refractivity contribution in [2.45, 2.75) is 63.0 Å². The number of benzene rings is 2. The highest BCUT2D eigenvalue weighted by atomic mass is 16.7. The zero-order valence-electron chi connectivity index (χ0n) is 16.2. The number of ether oxygens (including phenoxy) is 2. The van der Waals surface area contributed by atoms with Crippen LogP contribution in [0, 0.1) is 6.92 Å². The quantitative estimate of drug-likeness (QED) is 0.401. The average molecular weight is 420 g/mol. The van der Waals surface area contributed by atoms with Crippen LogP contribution in [0.5, 0.6) is 11.5 Å². The number of aliphatic hydroxyl groups is 4. The molecule has 6 N–H and O–H groups in total. The number of hydrogen-bond acceptors (Lipinski definition) is 8. The van der Waals surface area contributed by atoms with Crippen molar-refractivity contribution in [1.82, 2.24) is 0 Å². The number of aryl methyl sites for hydroxylation is 2. The number of hydrogen-bond donors (Lipinski definition) is 6. The highest BCUT2D eigenvalue weighted by molar-refractivity contribution is 5.96. The minimum atomic E-state index is -1.83. The molecule has 0 amide bonds. The van der Waals surface area contributed by atoms with Gasteiger partial charge in [0.15, 0.2) is 6.10 Å². The van der Waals surface area contributed by atoms with Crippen LogP contribution in [0.3, 0.4) is 0 Å². The maximum absolute atomic E-state index is 11.3. The number of aromatic hydroxyl groups is 1. The zero-order chi connectivity index (χ0) is 21.7. The molecule has 0 aromatic heterocycles. The normalized spacial score (nSPS) is 31.4. The Morgan fingerprint density at radius 1 is 1.10 bits per heavy atom. The first-order valence-electron chi connectivity index (χ1n) is 9.72. The van der Waals surface area contributed by atoms with Gasteiger partial charge in [-0.3, -0.25) is 0 Å². The molecule has 0 radical (unpaired) electrons. The summed E-state index contributed by atoms with van der Waals surface area (Å²) in [5.41, 5.74) is 2.33. The maximum atomic E-state index is 11.3. The molecule has 0 bridgehead atoms. The highest BCUT2D eigenvalue weighted by Gasteiger charge is 2.48. The Hall–Kier alpha value is -2.43. The van der Waals surface area contributed by atoms with E-state index in [2.05, 4.69) is 0 Å². The first-order valence-corrected chi connectivity index (χ1v) is 9.72. The predicted molar refractivity (Wildman–Crippen MR) is 103 cm³/mol. The second-order valence-electron chi connectivity index (χ2n) is 7.97. The summed E-state index contributed by atoms with van der Waals surface area (Å²) in [7, 11) is 0. The van der Waals surface area contributed by atoms with Crippen LogP contribution in [-0.2, 0) is 22.4 Å². The van der Waals surface area contributed by atoms with E-state index in [0.717, 1.165) is 11.1 Å². The lowest BCUT2D eigenvalue weighted by Gasteiger charge is -2.38. The van der Waals surface area contributed by atoms with Gasteiger partial charge in [-0.25, -0.2) is 4.79 Å². The lowest BCUT2D eigenvalue weighted by atomic mass is 9.86. The van der Waals surface area contributed by atoms with Crippen molar-refractivity contribution >= 4 is 16.7 Å². The minimum absolute atomic E-state index is 0.0584. The SMILES string of the molecule is Cc1cc(O[C@@H]2O[C@H](C(=O)O)[C@@H](O)[C@H](O)[C@H]2O)c2c(O)c3c(cc2c1)CC[C@@H](O)C3. The summed E-state index contributed by atoms with van der Waals surface area (Å²) in [5, 5.41) is 61.3. The van der Waals surface area contributed by atoms with Gasteiger partial charge in [0.2, 0.25) is 6.29 Å². The van der Waals surface area contributed by atoms with Crippen LogP contribution in [0.15, 0.2) is 18.2 Å². The van der Waals surface area contributed by atoms with Crippen molar-refractivity contribution in [3.63, 3.8) is 0 Å². The second-order valence-corrected chi connectivity index (χ2v) is 7.97. The number of carboxylic acids is 1. The summed E-state index contributed by atoms with van der Waals surface area (Å²) < 4.78 is 10.9. The first-order chi connectivity index (χ1) is 14.2. The van der Waals surface area contributed by atoms with Gasteiger partial charge < -0.3 is 40.1 Å². The maximum Gasteiger partial charge on any atom is 0.335 e. The van der Waals surface area contributed by atoms with Crippen LogP contribution in [-0.4, -0.2) is 73.4 Å². The van der Waals surface area contributed by atoms with E-state index in [9.17, 15) is 35.4 Å². The molecule has 0 unspecified atom stereocenters. The van der Waals surface area contributed by atoms with Gasteiger partial charge >= 0.3 is 5.97 Å². The van der Waals surface area contributed by atoms with E-state index in [4.69, 9.17) is 9.47 Å². The molecule has 0 spiro atoms. The van der Waals surface area contributed by atoms with E-state index >= 15 is 0 Å². The summed E-state index contributed by atoms with van der Waals surface area (Å²) in [6.07, 6.45) is -7.76. The number of fused-ring (bicyclic) bond motifs is 2. The van der Waals surface area contributed by atoms with E-state index in [0.29, 0.717) is 35.6 Å². The van der Waals surface area contributed by atoms with Gasteiger partial charge in [-0.2, -0.15) is 0 Å². The van der Waals surface area contributed by atoms with Crippen LogP contribution in [0.25, 0.3) is 10.8 Å². The Kier molecular flexibility index (Phi) is 5.33. The number of carbonyl (C=O) groups is 1. The molecule has 2 aromatic carbocycles. The number of phenolic OH excluding ortho intramolecular Hbond substituents is 1. The molecule has 4 rings (SSSR count). The molecule has 162 valence electrons. The van der Waals surface area contributed by atoms with Crippen molar-refractivity contribution < 1.29 is 44.9 Å². The number of carboxylic acid groups (broad SMARTS) is 1. The number of aliphatic hydroxyl groups excluding tert-OH is 4. The van der Waals surface area contributed by atoms with Gasteiger partial charge in [-0.1, -0.05) is 12.1 Å². The lowest BCUT2D eigenvalue weighted by Crippen LogP contribution is -2.61. The second kappa shape index (κ2) is 7.68. The third kappa shape index (κ3) is 3.48. The summed E-state index contributed by atoms with van der Waals surface area (Å²) in [5.74, 6) is -1.44. The number of phenols is 1. The molecule has 2 aliphatic rings. The monoisotopic (exact) mass is 420 g/mol. The summed E-state index contributed by atoms with van der Waals surface area (Å²) in [6.45, 7) is 1.81. The number of aliphatic carboxylic acids is 1. The van der Waals surface area contributed by atoms with E-state index in [1.165, 1.54) is 0 Å². The molecular formula is C21H24O9. The van der Waals surface area contributed by atoms with Crippen LogP contribution in [0.4, 0.5) is 0 Å². The molecule has 1 saturated heterocycles. The molecule has 1 aliphatic carbocycles. The zero-order valence-corrected chi connectivity index (χ0v) is 16.2. The Bertz CT molecular complexity index is 988. The Labute approximate surface area is 171 Å². The molecule has 0 saturated carbocycles. The van der Waals surface area contributed by atoms with E-state index in [1.54, 1.807) is 6.07 Å². The number of rotatable bonds is 3. The average Bonchev–Trinajstić information content (AvgIpc) is 2.68. The summed E-state index contributed by atoms with van der Waals surface area (Å²) >= 11 is 0. The molecule has 1 heterocycles. The van der Waals surface area contributed by atoms with Gasteiger partial charge in [0.1, 0.15) is 29.8 Å². The van der Waals surface area contributed by atoms with Crippen molar-refractivity contribution in [2.75, 3.05) is 0 Å². The molecule has 6 atom stereocenters. The minimum Gasteiger partial charge on any atom is -0.507 e. The lowest BCUT2D eigenvalue weighted by molar-refractivity contribution is -0.270. The third-order valence-corrected chi connectivity index (χ3v) is 5.76. The molecule has 30 heavy (non-hydrogen) atoms. The molecular weight excluding hydrogens is 396 g/mol. The fraction of sp³-hybridized carbons (Fsp3) is 0.476. The Morgan fingerprint density at radius 3 is 2.53 bits per heavy atom.